The second-order valence-electron chi connectivity index (χ2n) is 5.37. The molecule has 0 bridgehead atoms. The molecule has 0 saturated carbocycles. The molecule has 0 atom stereocenters. The number of hydrogen-bond acceptors (Lipinski definition) is 3. The first-order valence-electron chi connectivity index (χ1n) is 7.37. The number of Topliss-reactive ketones (excluding diaryl/α,β-unsaturated/α-hetero) is 1. The van der Waals surface area contributed by atoms with Crippen LogP contribution in [-0.4, -0.2) is 15.6 Å². The van der Waals surface area contributed by atoms with Crippen molar-refractivity contribution in [1.82, 2.24) is 9.78 Å². The number of aryl methyl sites for hydroxylation is 1. The molecule has 1 heterocycles. The van der Waals surface area contributed by atoms with Crippen molar-refractivity contribution in [3.8, 4) is 11.3 Å². The fourth-order valence-corrected chi connectivity index (χ4v) is 2.29. The van der Waals surface area contributed by atoms with Gasteiger partial charge in [-0.25, -0.2) is 4.68 Å². The average Bonchev–Trinajstić information content (AvgIpc) is 2.58. The zero-order valence-electron chi connectivity index (χ0n) is 12.8. The van der Waals surface area contributed by atoms with E-state index in [0.29, 0.717) is 11.3 Å². The summed E-state index contributed by atoms with van der Waals surface area (Å²) < 4.78 is 1.21. The van der Waals surface area contributed by atoms with Crippen LogP contribution in [0.1, 0.15) is 15.9 Å². The Morgan fingerprint density at radius 2 is 1.65 bits per heavy atom. The number of ketones is 1. The predicted molar refractivity (Wildman–Crippen MR) is 89.4 cm³/mol. The third kappa shape index (κ3) is 3.43. The van der Waals surface area contributed by atoms with Crippen LogP contribution in [0, 0.1) is 6.92 Å². The quantitative estimate of drug-likeness (QED) is 0.696. The molecule has 0 radical (unpaired) electrons. The van der Waals surface area contributed by atoms with Crippen LogP contribution in [0.3, 0.4) is 0 Å². The lowest BCUT2D eigenvalue weighted by Gasteiger charge is -2.07. The lowest BCUT2D eigenvalue weighted by atomic mass is 10.1. The highest BCUT2D eigenvalue weighted by atomic mass is 16.1. The minimum atomic E-state index is -0.287. The zero-order valence-corrected chi connectivity index (χ0v) is 12.8. The number of benzene rings is 2. The Hall–Kier alpha value is -3.01. The van der Waals surface area contributed by atoms with Gasteiger partial charge in [-0.05, 0) is 13.0 Å². The van der Waals surface area contributed by atoms with E-state index in [0.717, 1.165) is 11.1 Å². The summed E-state index contributed by atoms with van der Waals surface area (Å²) in [5.41, 5.74) is 2.95. The maximum absolute atomic E-state index is 12.3. The van der Waals surface area contributed by atoms with Crippen LogP contribution >= 0.6 is 0 Å². The van der Waals surface area contributed by atoms with Crippen LogP contribution in [0.25, 0.3) is 11.3 Å². The van der Waals surface area contributed by atoms with Gasteiger partial charge >= 0.3 is 0 Å². The Kier molecular flexibility index (Phi) is 4.15. The third-order valence-electron chi connectivity index (χ3n) is 3.60. The lowest BCUT2D eigenvalue weighted by molar-refractivity contribution is 0.0966. The van der Waals surface area contributed by atoms with Gasteiger partial charge in [-0.1, -0.05) is 60.2 Å². The summed E-state index contributed by atoms with van der Waals surface area (Å²) in [6, 6.07) is 20.0. The topological polar surface area (TPSA) is 52.0 Å². The summed E-state index contributed by atoms with van der Waals surface area (Å²) in [5.74, 6) is -0.134. The van der Waals surface area contributed by atoms with Gasteiger partial charge in [0.05, 0.1) is 5.69 Å². The molecule has 0 amide bonds. The normalized spacial score (nSPS) is 10.5. The van der Waals surface area contributed by atoms with Crippen LogP contribution in [0.4, 0.5) is 0 Å². The second kappa shape index (κ2) is 6.40. The molecule has 3 aromatic rings. The van der Waals surface area contributed by atoms with Gasteiger partial charge in [-0.15, -0.1) is 0 Å². The molecule has 114 valence electrons. The highest BCUT2D eigenvalue weighted by Crippen LogP contribution is 2.14. The van der Waals surface area contributed by atoms with E-state index in [1.54, 1.807) is 18.2 Å². The van der Waals surface area contributed by atoms with Crippen molar-refractivity contribution in [2.45, 2.75) is 13.5 Å². The van der Waals surface area contributed by atoms with Gasteiger partial charge in [0.1, 0.15) is 6.54 Å². The number of nitrogens with zero attached hydrogens (tertiary/aromatic N) is 2. The van der Waals surface area contributed by atoms with E-state index in [-0.39, 0.29) is 17.9 Å². The Morgan fingerprint density at radius 1 is 0.957 bits per heavy atom. The van der Waals surface area contributed by atoms with Crippen molar-refractivity contribution in [3.63, 3.8) is 0 Å². The van der Waals surface area contributed by atoms with E-state index >= 15 is 0 Å². The van der Waals surface area contributed by atoms with Gasteiger partial charge in [0, 0.05) is 17.2 Å². The summed E-state index contributed by atoms with van der Waals surface area (Å²) in [5, 5.41) is 4.31. The molecule has 0 N–H and O–H groups in total. The van der Waals surface area contributed by atoms with Gasteiger partial charge in [0.2, 0.25) is 0 Å². The Balaban J connectivity index is 1.89. The fraction of sp³-hybridized carbons (Fsp3) is 0.105. The van der Waals surface area contributed by atoms with E-state index in [4.69, 9.17) is 0 Å². The average molecular weight is 304 g/mol. The monoisotopic (exact) mass is 304 g/mol. The molecule has 2 aromatic carbocycles. The first-order valence-corrected chi connectivity index (χ1v) is 7.37. The first kappa shape index (κ1) is 14.9. The SMILES string of the molecule is Cc1ccc(C(=O)Cn2nc(-c3ccccc3)ccc2=O)cc1. The highest BCUT2D eigenvalue weighted by Gasteiger charge is 2.10. The molecule has 4 nitrogen and oxygen atoms in total. The molecule has 0 aliphatic heterocycles. The molecule has 23 heavy (non-hydrogen) atoms. The number of carbonyl (C=O) groups excluding carboxylic acids is 1. The minimum Gasteiger partial charge on any atom is -0.292 e. The summed E-state index contributed by atoms with van der Waals surface area (Å²) in [6.45, 7) is 1.90. The smallest absolute Gasteiger partial charge is 0.267 e. The van der Waals surface area contributed by atoms with E-state index < -0.39 is 0 Å². The van der Waals surface area contributed by atoms with Crippen molar-refractivity contribution in [1.29, 1.82) is 0 Å². The second-order valence-corrected chi connectivity index (χ2v) is 5.37. The van der Waals surface area contributed by atoms with Crippen molar-refractivity contribution in [2.24, 2.45) is 0 Å². The summed E-state index contributed by atoms with van der Waals surface area (Å²) in [4.78, 5) is 24.3. The number of hydrogen-bond donors (Lipinski definition) is 0. The van der Waals surface area contributed by atoms with Crippen LogP contribution in [0.15, 0.2) is 71.5 Å². The molecule has 0 aliphatic carbocycles. The van der Waals surface area contributed by atoms with Gasteiger partial charge in [-0.2, -0.15) is 5.10 Å². The van der Waals surface area contributed by atoms with Crippen molar-refractivity contribution in [2.75, 3.05) is 0 Å². The largest absolute Gasteiger partial charge is 0.292 e. The van der Waals surface area contributed by atoms with Crippen molar-refractivity contribution >= 4 is 5.78 Å². The summed E-state index contributed by atoms with van der Waals surface area (Å²) in [6.07, 6.45) is 0. The maximum Gasteiger partial charge on any atom is 0.267 e. The third-order valence-corrected chi connectivity index (χ3v) is 3.60. The van der Waals surface area contributed by atoms with Crippen molar-refractivity contribution < 1.29 is 4.79 Å². The van der Waals surface area contributed by atoms with Crippen LogP contribution in [-0.2, 0) is 6.54 Å². The standard InChI is InChI=1S/C19H16N2O2/c1-14-7-9-16(10-8-14)18(22)13-21-19(23)12-11-17(20-21)15-5-3-2-4-6-15/h2-12H,13H2,1H3. The maximum atomic E-state index is 12.3. The Bertz CT molecular complexity index is 881. The van der Waals surface area contributed by atoms with E-state index in [2.05, 4.69) is 5.10 Å². The van der Waals surface area contributed by atoms with Gasteiger partial charge in [0.15, 0.2) is 5.78 Å². The fourth-order valence-electron chi connectivity index (χ4n) is 2.29. The number of carbonyl (C=O) groups is 1. The Labute approximate surface area is 134 Å². The minimum absolute atomic E-state index is 0.0669. The van der Waals surface area contributed by atoms with Gasteiger partial charge in [0.25, 0.3) is 5.56 Å². The molecule has 0 spiro atoms. The first-order chi connectivity index (χ1) is 11.1. The molecule has 0 unspecified atom stereocenters. The molecular weight excluding hydrogens is 288 g/mol. The zero-order chi connectivity index (χ0) is 16.2. The van der Waals surface area contributed by atoms with E-state index in [9.17, 15) is 9.59 Å². The molecule has 0 fully saturated rings. The van der Waals surface area contributed by atoms with E-state index in [1.807, 2.05) is 49.4 Å². The predicted octanol–water partition coefficient (Wildman–Crippen LogP) is 3.10. The highest BCUT2D eigenvalue weighted by molar-refractivity contribution is 5.95. The molecule has 1 aromatic heterocycles. The van der Waals surface area contributed by atoms with E-state index in [1.165, 1.54) is 10.7 Å². The molecule has 3 rings (SSSR count). The van der Waals surface area contributed by atoms with Crippen LogP contribution in [0.2, 0.25) is 0 Å². The molecule has 4 heteroatoms. The Morgan fingerprint density at radius 3 is 2.35 bits per heavy atom. The van der Waals surface area contributed by atoms with Crippen LogP contribution < -0.4 is 5.56 Å². The van der Waals surface area contributed by atoms with Crippen molar-refractivity contribution in [3.05, 3.63) is 88.2 Å². The van der Waals surface area contributed by atoms with Gasteiger partial charge < -0.3 is 0 Å². The lowest BCUT2D eigenvalue weighted by Crippen LogP contribution is -2.26. The van der Waals surface area contributed by atoms with Crippen LogP contribution in [0.5, 0.6) is 0 Å². The molecule has 0 aliphatic rings. The summed E-state index contributed by atoms with van der Waals surface area (Å²) in [7, 11) is 0. The number of rotatable bonds is 4. The summed E-state index contributed by atoms with van der Waals surface area (Å²) >= 11 is 0. The van der Waals surface area contributed by atoms with Gasteiger partial charge in [-0.3, -0.25) is 9.59 Å². The molecular formula is C19H16N2O2. The molecule has 0 saturated heterocycles. The number of aromatic nitrogens is 2.